The van der Waals surface area contributed by atoms with Gasteiger partial charge in [-0.3, -0.25) is 4.79 Å². The summed E-state index contributed by atoms with van der Waals surface area (Å²) in [6, 6.07) is -0.600. The molecular formula is C13H19F3N2O3. The van der Waals surface area contributed by atoms with E-state index in [0.29, 0.717) is 19.3 Å². The van der Waals surface area contributed by atoms with Crippen LogP contribution in [0.4, 0.5) is 18.0 Å². The first-order valence-corrected chi connectivity index (χ1v) is 7.07. The third-order valence-electron chi connectivity index (χ3n) is 4.51. The van der Waals surface area contributed by atoms with Gasteiger partial charge in [0.25, 0.3) is 0 Å². The molecule has 1 unspecified atom stereocenters. The van der Waals surface area contributed by atoms with Gasteiger partial charge in [0.2, 0.25) is 0 Å². The van der Waals surface area contributed by atoms with Crippen molar-refractivity contribution in [3.8, 4) is 0 Å². The summed E-state index contributed by atoms with van der Waals surface area (Å²) >= 11 is 0. The summed E-state index contributed by atoms with van der Waals surface area (Å²) < 4.78 is 38.1. The Morgan fingerprint density at radius 3 is 2.43 bits per heavy atom. The second-order valence-corrected chi connectivity index (χ2v) is 5.92. The maximum Gasteiger partial charge on any atom is 0.393 e. The van der Waals surface area contributed by atoms with E-state index in [1.165, 1.54) is 0 Å². The predicted molar refractivity (Wildman–Crippen MR) is 67.7 cm³/mol. The molecule has 0 aromatic rings. The van der Waals surface area contributed by atoms with E-state index in [-0.39, 0.29) is 26.1 Å². The monoisotopic (exact) mass is 308 g/mol. The lowest BCUT2D eigenvalue weighted by Gasteiger charge is -2.39. The zero-order chi connectivity index (χ0) is 15.7. The van der Waals surface area contributed by atoms with Gasteiger partial charge in [0, 0.05) is 19.6 Å². The number of halogens is 3. The van der Waals surface area contributed by atoms with Crippen LogP contribution in [0.25, 0.3) is 0 Å². The number of hydrogen-bond acceptors (Lipinski definition) is 2. The van der Waals surface area contributed by atoms with E-state index in [0.717, 1.165) is 11.3 Å². The number of amides is 2. The van der Waals surface area contributed by atoms with E-state index in [1.807, 2.05) is 0 Å². The molecule has 0 aromatic carbocycles. The van der Waals surface area contributed by atoms with Crippen molar-refractivity contribution in [3.63, 3.8) is 0 Å². The summed E-state index contributed by atoms with van der Waals surface area (Å²) in [4.78, 5) is 24.2. The third kappa shape index (κ3) is 3.41. The van der Waals surface area contributed by atoms with Crippen LogP contribution in [-0.4, -0.2) is 47.8 Å². The summed E-state index contributed by atoms with van der Waals surface area (Å²) in [6.45, 7) is -0.0950. The molecule has 1 atom stereocenters. The smallest absolute Gasteiger partial charge is 0.393 e. The zero-order valence-electron chi connectivity index (χ0n) is 11.6. The van der Waals surface area contributed by atoms with Gasteiger partial charge in [-0.1, -0.05) is 6.42 Å². The Hall–Kier alpha value is -1.47. The molecule has 8 heteroatoms. The topological polar surface area (TPSA) is 69.6 Å². The van der Waals surface area contributed by atoms with Gasteiger partial charge < -0.3 is 15.3 Å². The van der Waals surface area contributed by atoms with E-state index in [2.05, 4.69) is 5.32 Å². The maximum absolute atomic E-state index is 12.7. The number of hydrogen-bond donors (Lipinski definition) is 2. The highest BCUT2D eigenvalue weighted by Gasteiger charge is 2.46. The minimum atomic E-state index is -4.30. The van der Waals surface area contributed by atoms with Gasteiger partial charge in [-0.25, -0.2) is 4.79 Å². The van der Waals surface area contributed by atoms with Crippen LogP contribution in [0.2, 0.25) is 0 Å². The van der Waals surface area contributed by atoms with Crippen LogP contribution < -0.4 is 5.32 Å². The van der Waals surface area contributed by atoms with Crippen LogP contribution in [0, 0.1) is 11.3 Å². The average Bonchev–Trinajstić information content (AvgIpc) is 2.36. The Morgan fingerprint density at radius 1 is 1.29 bits per heavy atom. The lowest BCUT2D eigenvalue weighted by atomic mass is 9.69. The SMILES string of the molecule is O=C(NCC1(C(=O)O)CCC1)N1CCCC(C(F)(F)F)C1. The molecule has 5 nitrogen and oxygen atoms in total. The zero-order valence-corrected chi connectivity index (χ0v) is 11.6. The van der Waals surface area contributed by atoms with Crippen LogP contribution in [0.5, 0.6) is 0 Å². The quantitative estimate of drug-likeness (QED) is 0.840. The number of carbonyl (C=O) groups is 2. The number of likely N-dealkylation sites (tertiary alicyclic amines) is 1. The van der Waals surface area contributed by atoms with Crippen molar-refractivity contribution in [2.45, 2.75) is 38.3 Å². The van der Waals surface area contributed by atoms with Crippen molar-refractivity contribution in [3.05, 3.63) is 0 Å². The molecule has 2 N–H and O–H groups in total. The molecule has 1 saturated heterocycles. The minimum absolute atomic E-state index is 0.0195. The van der Waals surface area contributed by atoms with Gasteiger partial charge in [0.1, 0.15) is 0 Å². The Morgan fingerprint density at radius 2 is 1.95 bits per heavy atom. The van der Waals surface area contributed by atoms with E-state index < -0.39 is 29.5 Å². The summed E-state index contributed by atoms with van der Waals surface area (Å²) in [5, 5.41) is 11.6. The molecule has 2 aliphatic rings. The highest BCUT2D eigenvalue weighted by Crippen LogP contribution is 2.40. The number of carboxylic acid groups (broad SMARTS) is 1. The van der Waals surface area contributed by atoms with Crippen LogP contribution in [0.15, 0.2) is 0 Å². The van der Waals surface area contributed by atoms with Gasteiger partial charge in [0.05, 0.1) is 11.3 Å². The first-order valence-electron chi connectivity index (χ1n) is 7.07. The fourth-order valence-electron chi connectivity index (χ4n) is 2.86. The highest BCUT2D eigenvalue weighted by molar-refractivity contribution is 5.79. The Kier molecular flexibility index (Phi) is 4.34. The second kappa shape index (κ2) is 5.73. The van der Waals surface area contributed by atoms with Crippen molar-refractivity contribution >= 4 is 12.0 Å². The largest absolute Gasteiger partial charge is 0.481 e. The minimum Gasteiger partial charge on any atom is -0.481 e. The van der Waals surface area contributed by atoms with Crippen molar-refractivity contribution in [2.75, 3.05) is 19.6 Å². The third-order valence-corrected chi connectivity index (χ3v) is 4.51. The molecule has 0 spiro atoms. The standard InChI is InChI=1S/C13H19F3N2O3/c14-13(15,16)9-3-1-6-18(7-9)11(21)17-8-12(10(19)20)4-2-5-12/h9H,1-8H2,(H,17,21)(H,19,20). The molecule has 0 aromatic heterocycles. The van der Waals surface area contributed by atoms with Gasteiger partial charge in [-0.05, 0) is 25.7 Å². The van der Waals surface area contributed by atoms with Gasteiger partial charge in [-0.2, -0.15) is 13.2 Å². The van der Waals surface area contributed by atoms with Crippen LogP contribution in [0.3, 0.4) is 0 Å². The second-order valence-electron chi connectivity index (χ2n) is 5.92. The number of rotatable bonds is 3. The fraction of sp³-hybridized carbons (Fsp3) is 0.846. The lowest BCUT2D eigenvalue weighted by Crippen LogP contribution is -2.53. The maximum atomic E-state index is 12.7. The van der Waals surface area contributed by atoms with Gasteiger partial charge in [-0.15, -0.1) is 0 Å². The molecule has 1 aliphatic carbocycles. The number of piperidine rings is 1. The Labute approximate surface area is 120 Å². The lowest BCUT2D eigenvalue weighted by molar-refractivity contribution is -0.184. The summed E-state index contributed by atoms with van der Waals surface area (Å²) in [5.74, 6) is -2.45. The number of aliphatic carboxylic acids is 1. The average molecular weight is 308 g/mol. The van der Waals surface area contributed by atoms with Crippen LogP contribution >= 0.6 is 0 Å². The number of nitrogens with zero attached hydrogens (tertiary/aromatic N) is 1. The molecular weight excluding hydrogens is 289 g/mol. The molecule has 1 aliphatic heterocycles. The summed E-state index contributed by atoms with van der Waals surface area (Å²) in [7, 11) is 0. The molecule has 21 heavy (non-hydrogen) atoms. The number of nitrogens with one attached hydrogen (secondary N) is 1. The molecule has 0 radical (unpaired) electrons. The first-order chi connectivity index (χ1) is 9.74. The highest BCUT2D eigenvalue weighted by atomic mass is 19.4. The molecule has 1 heterocycles. The molecule has 2 amide bonds. The molecule has 0 bridgehead atoms. The number of alkyl halides is 3. The van der Waals surface area contributed by atoms with Crippen LogP contribution in [-0.2, 0) is 4.79 Å². The van der Waals surface area contributed by atoms with Crippen molar-refractivity contribution < 1.29 is 27.9 Å². The normalized spacial score (nSPS) is 25.1. The number of urea groups is 1. The molecule has 2 rings (SSSR count). The first kappa shape index (κ1) is 15.9. The van der Waals surface area contributed by atoms with Gasteiger partial charge >= 0.3 is 18.2 Å². The molecule has 120 valence electrons. The van der Waals surface area contributed by atoms with E-state index >= 15 is 0 Å². The number of carbonyl (C=O) groups excluding carboxylic acids is 1. The predicted octanol–water partition coefficient (Wildman–Crippen LogP) is 2.23. The van der Waals surface area contributed by atoms with Gasteiger partial charge in [0.15, 0.2) is 0 Å². The van der Waals surface area contributed by atoms with Crippen LogP contribution in [0.1, 0.15) is 32.1 Å². The Bertz CT molecular complexity index is 421. The Balaban J connectivity index is 1.87. The van der Waals surface area contributed by atoms with Crippen molar-refractivity contribution in [1.82, 2.24) is 10.2 Å². The van der Waals surface area contributed by atoms with E-state index in [4.69, 9.17) is 5.11 Å². The van der Waals surface area contributed by atoms with E-state index in [9.17, 15) is 22.8 Å². The fourth-order valence-corrected chi connectivity index (χ4v) is 2.86. The molecule has 1 saturated carbocycles. The summed E-state index contributed by atoms with van der Waals surface area (Å²) in [5.41, 5.74) is -0.936. The number of carboxylic acids is 1. The summed E-state index contributed by atoms with van der Waals surface area (Å²) in [6.07, 6.45) is -2.17. The van der Waals surface area contributed by atoms with Crippen molar-refractivity contribution in [2.24, 2.45) is 11.3 Å². The van der Waals surface area contributed by atoms with Crippen molar-refractivity contribution in [1.29, 1.82) is 0 Å². The molecule has 2 fully saturated rings. The van der Waals surface area contributed by atoms with E-state index in [1.54, 1.807) is 0 Å².